The Kier molecular flexibility index (Phi) is 4.00. The highest BCUT2D eigenvalue weighted by atomic mass is 19.1. The minimum atomic E-state index is -0.298. The molecule has 4 heteroatoms. The van der Waals surface area contributed by atoms with Crippen molar-refractivity contribution in [1.29, 1.82) is 0 Å². The van der Waals surface area contributed by atoms with E-state index in [4.69, 9.17) is 4.42 Å². The summed E-state index contributed by atoms with van der Waals surface area (Å²) in [5.74, 6) is 0.416. The first-order valence-electron chi connectivity index (χ1n) is 6.11. The fraction of sp³-hybridized carbons (Fsp3) is 0.267. The number of amides is 1. The fourth-order valence-corrected chi connectivity index (χ4v) is 1.84. The quantitative estimate of drug-likeness (QED) is 0.847. The monoisotopic (exact) mass is 261 g/mol. The third kappa shape index (κ3) is 3.22. The number of rotatable bonds is 4. The number of benzene rings is 1. The molecule has 0 spiro atoms. The van der Waals surface area contributed by atoms with Crippen molar-refractivity contribution in [1.82, 2.24) is 4.90 Å². The SMILES string of the molecule is CC(c1ccco1)N(C)C(=O)Cc1ccc(F)cc1. The van der Waals surface area contributed by atoms with Crippen LogP contribution in [0.1, 0.15) is 24.3 Å². The average molecular weight is 261 g/mol. The molecule has 0 fully saturated rings. The molecule has 3 nitrogen and oxygen atoms in total. The highest BCUT2D eigenvalue weighted by Crippen LogP contribution is 2.19. The molecule has 1 aromatic heterocycles. The Balaban J connectivity index is 2.01. The lowest BCUT2D eigenvalue weighted by Crippen LogP contribution is -2.30. The molecule has 1 atom stereocenters. The Bertz CT molecular complexity index is 534. The van der Waals surface area contributed by atoms with Crippen molar-refractivity contribution < 1.29 is 13.6 Å². The van der Waals surface area contributed by atoms with Crippen LogP contribution in [-0.2, 0) is 11.2 Å². The largest absolute Gasteiger partial charge is 0.467 e. The van der Waals surface area contributed by atoms with Crippen LogP contribution in [0, 0.1) is 5.82 Å². The maximum atomic E-state index is 12.8. The molecule has 0 saturated heterocycles. The molecule has 1 unspecified atom stereocenters. The van der Waals surface area contributed by atoms with Gasteiger partial charge in [0.05, 0.1) is 18.7 Å². The number of hydrogen-bond donors (Lipinski definition) is 0. The van der Waals surface area contributed by atoms with E-state index in [1.165, 1.54) is 12.1 Å². The molecule has 19 heavy (non-hydrogen) atoms. The molecule has 0 saturated carbocycles. The zero-order chi connectivity index (χ0) is 13.8. The molecule has 100 valence electrons. The zero-order valence-corrected chi connectivity index (χ0v) is 11.0. The van der Waals surface area contributed by atoms with Gasteiger partial charge in [-0.1, -0.05) is 12.1 Å². The van der Waals surface area contributed by atoms with E-state index in [9.17, 15) is 9.18 Å². The van der Waals surface area contributed by atoms with E-state index < -0.39 is 0 Å². The third-order valence-corrected chi connectivity index (χ3v) is 3.20. The van der Waals surface area contributed by atoms with Crippen molar-refractivity contribution in [3.8, 4) is 0 Å². The number of halogens is 1. The van der Waals surface area contributed by atoms with Crippen molar-refractivity contribution >= 4 is 5.91 Å². The van der Waals surface area contributed by atoms with Crippen molar-refractivity contribution in [2.45, 2.75) is 19.4 Å². The van der Waals surface area contributed by atoms with Crippen molar-refractivity contribution in [2.24, 2.45) is 0 Å². The molecule has 0 aliphatic carbocycles. The molecule has 0 bridgehead atoms. The molecule has 1 amide bonds. The van der Waals surface area contributed by atoms with Crippen LogP contribution in [0.5, 0.6) is 0 Å². The van der Waals surface area contributed by atoms with Gasteiger partial charge in [0.15, 0.2) is 0 Å². The van der Waals surface area contributed by atoms with E-state index >= 15 is 0 Å². The van der Waals surface area contributed by atoms with Crippen molar-refractivity contribution in [3.63, 3.8) is 0 Å². The van der Waals surface area contributed by atoms with E-state index in [0.29, 0.717) is 0 Å². The maximum absolute atomic E-state index is 12.8. The summed E-state index contributed by atoms with van der Waals surface area (Å²) in [5.41, 5.74) is 0.796. The number of carbonyl (C=O) groups is 1. The lowest BCUT2D eigenvalue weighted by molar-refractivity contribution is -0.131. The van der Waals surface area contributed by atoms with Crippen LogP contribution in [0.2, 0.25) is 0 Å². The summed E-state index contributed by atoms with van der Waals surface area (Å²) in [6.45, 7) is 1.90. The smallest absolute Gasteiger partial charge is 0.227 e. The molecule has 1 heterocycles. The zero-order valence-electron chi connectivity index (χ0n) is 11.0. The number of furan rings is 1. The summed E-state index contributed by atoms with van der Waals surface area (Å²) in [4.78, 5) is 13.8. The van der Waals surface area contributed by atoms with Gasteiger partial charge in [0.2, 0.25) is 5.91 Å². The Morgan fingerprint density at radius 2 is 2.00 bits per heavy atom. The van der Waals surface area contributed by atoms with Gasteiger partial charge >= 0.3 is 0 Å². The summed E-state index contributed by atoms with van der Waals surface area (Å²) >= 11 is 0. The first kappa shape index (κ1) is 13.3. The Labute approximate surface area is 111 Å². The van der Waals surface area contributed by atoms with Gasteiger partial charge in [-0.05, 0) is 36.8 Å². The van der Waals surface area contributed by atoms with Gasteiger partial charge in [-0.3, -0.25) is 4.79 Å². The summed E-state index contributed by atoms with van der Waals surface area (Å²) in [5, 5.41) is 0. The van der Waals surface area contributed by atoms with Crippen molar-refractivity contribution in [2.75, 3.05) is 7.05 Å². The number of likely N-dealkylation sites (N-methyl/N-ethyl adjacent to an activating group) is 1. The van der Waals surface area contributed by atoms with Crippen LogP contribution in [0.15, 0.2) is 47.1 Å². The van der Waals surface area contributed by atoms with E-state index in [0.717, 1.165) is 11.3 Å². The van der Waals surface area contributed by atoms with Crippen LogP contribution in [0.4, 0.5) is 4.39 Å². The molecule has 1 aromatic carbocycles. The standard InChI is InChI=1S/C15H16FNO2/c1-11(14-4-3-9-19-14)17(2)15(18)10-12-5-7-13(16)8-6-12/h3-9,11H,10H2,1-2H3. The minimum Gasteiger partial charge on any atom is -0.467 e. The first-order chi connectivity index (χ1) is 9.08. The van der Waals surface area contributed by atoms with Crippen LogP contribution in [0.25, 0.3) is 0 Å². The summed E-state index contributed by atoms with van der Waals surface area (Å²) in [6.07, 6.45) is 1.84. The van der Waals surface area contributed by atoms with Gasteiger partial charge in [-0.25, -0.2) is 4.39 Å². The minimum absolute atomic E-state index is 0.0319. The van der Waals surface area contributed by atoms with E-state index in [-0.39, 0.29) is 24.2 Å². The van der Waals surface area contributed by atoms with Crippen LogP contribution in [0.3, 0.4) is 0 Å². The van der Waals surface area contributed by atoms with Crippen LogP contribution >= 0.6 is 0 Å². The lowest BCUT2D eigenvalue weighted by Gasteiger charge is -2.23. The second-order valence-electron chi connectivity index (χ2n) is 4.50. The van der Waals surface area contributed by atoms with Gasteiger partial charge in [0, 0.05) is 7.05 Å². The number of nitrogens with zero attached hydrogens (tertiary/aromatic N) is 1. The Hall–Kier alpha value is -2.10. The van der Waals surface area contributed by atoms with E-state index in [1.807, 2.05) is 13.0 Å². The first-order valence-corrected chi connectivity index (χ1v) is 6.11. The molecule has 0 aliphatic rings. The molecule has 0 aliphatic heterocycles. The fourth-order valence-electron chi connectivity index (χ4n) is 1.84. The average Bonchev–Trinajstić information content (AvgIpc) is 2.93. The molecule has 2 rings (SSSR count). The number of hydrogen-bond acceptors (Lipinski definition) is 2. The highest BCUT2D eigenvalue weighted by Gasteiger charge is 2.19. The van der Waals surface area contributed by atoms with E-state index in [2.05, 4.69) is 0 Å². The topological polar surface area (TPSA) is 33.5 Å². The molecule has 0 N–H and O–H groups in total. The van der Waals surface area contributed by atoms with E-state index in [1.54, 1.807) is 36.4 Å². The predicted octanol–water partition coefficient (Wildman–Crippen LogP) is 3.18. The summed E-state index contributed by atoms with van der Waals surface area (Å²) in [7, 11) is 1.74. The summed E-state index contributed by atoms with van der Waals surface area (Å²) < 4.78 is 18.1. The number of carbonyl (C=O) groups excluding carboxylic acids is 1. The summed E-state index contributed by atoms with van der Waals surface area (Å²) in [6, 6.07) is 9.48. The highest BCUT2D eigenvalue weighted by molar-refractivity contribution is 5.78. The van der Waals surface area contributed by atoms with Crippen LogP contribution in [-0.4, -0.2) is 17.9 Å². The van der Waals surface area contributed by atoms with Gasteiger partial charge in [-0.15, -0.1) is 0 Å². The van der Waals surface area contributed by atoms with Crippen LogP contribution < -0.4 is 0 Å². The molecular formula is C15H16FNO2. The molecule has 2 aromatic rings. The molecular weight excluding hydrogens is 245 g/mol. The second kappa shape index (κ2) is 5.69. The lowest BCUT2D eigenvalue weighted by atomic mass is 10.1. The second-order valence-corrected chi connectivity index (χ2v) is 4.50. The van der Waals surface area contributed by atoms with Gasteiger partial charge in [-0.2, -0.15) is 0 Å². The third-order valence-electron chi connectivity index (χ3n) is 3.20. The van der Waals surface area contributed by atoms with Gasteiger partial charge in [0.1, 0.15) is 11.6 Å². The molecule has 0 radical (unpaired) electrons. The maximum Gasteiger partial charge on any atom is 0.227 e. The Morgan fingerprint density at radius 3 is 2.58 bits per heavy atom. The predicted molar refractivity (Wildman–Crippen MR) is 70.0 cm³/mol. The Morgan fingerprint density at radius 1 is 1.32 bits per heavy atom. The van der Waals surface area contributed by atoms with Crippen molar-refractivity contribution in [3.05, 3.63) is 59.8 Å². The van der Waals surface area contributed by atoms with Gasteiger partial charge in [0.25, 0.3) is 0 Å². The normalized spacial score (nSPS) is 12.2. The van der Waals surface area contributed by atoms with Gasteiger partial charge < -0.3 is 9.32 Å².